The summed E-state index contributed by atoms with van der Waals surface area (Å²) < 4.78 is 22.2. The molecule has 0 aromatic heterocycles. The van der Waals surface area contributed by atoms with Crippen LogP contribution in [-0.2, 0) is 20.4 Å². The fourth-order valence-electron chi connectivity index (χ4n) is 1.68. The smallest absolute Gasteiger partial charge is 0.261 e. The molecule has 1 aromatic carbocycles. The van der Waals surface area contributed by atoms with E-state index < -0.39 is 14.5 Å². The number of rotatable bonds is 3. The summed E-state index contributed by atoms with van der Waals surface area (Å²) in [6, 6.07) is 6.18. The van der Waals surface area contributed by atoms with Crippen molar-refractivity contribution in [2.75, 3.05) is 7.05 Å². The Labute approximate surface area is 118 Å². The molecule has 0 aliphatic carbocycles. The van der Waals surface area contributed by atoms with E-state index in [1.54, 1.807) is 24.1 Å². The number of amides is 1. The Balaban J connectivity index is 2.82. The number of carbonyl (C=O) groups is 1. The van der Waals surface area contributed by atoms with Crippen molar-refractivity contribution in [3.8, 4) is 0 Å². The Hall–Kier alpha value is -1.07. The maximum absolute atomic E-state index is 12.0. The van der Waals surface area contributed by atoms with Crippen LogP contribution in [0.1, 0.15) is 26.3 Å². The highest BCUT2D eigenvalue weighted by Crippen LogP contribution is 2.19. The van der Waals surface area contributed by atoms with E-state index in [1.165, 1.54) is 12.1 Å². The molecule has 0 atom stereocenters. The van der Waals surface area contributed by atoms with E-state index in [-0.39, 0.29) is 10.8 Å². The van der Waals surface area contributed by atoms with E-state index in [4.69, 9.17) is 10.7 Å². The van der Waals surface area contributed by atoms with Gasteiger partial charge in [0.1, 0.15) is 0 Å². The number of hydrogen-bond donors (Lipinski definition) is 0. The molecule has 1 amide bonds. The van der Waals surface area contributed by atoms with Crippen LogP contribution >= 0.6 is 10.7 Å². The summed E-state index contributed by atoms with van der Waals surface area (Å²) in [4.78, 5) is 13.7. The maximum Gasteiger partial charge on any atom is 0.261 e. The van der Waals surface area contributed by atoms with E-state index in [1.807, 2.05) is 20.8 Å². The van der Waals surface area contributed by atoms with Crippen LogP contribution in [0.5, 0.6) is 0 Å². The van der Waals surface area contributed by atoms with Gasteiger partial charge in [-0.2, -0.15) is 0 Å². The van der Waals surface area contributed by atoms with Crippen molar-refractivity contribution in [3.05, 3.63) is 29.8 Å². The first kappa shape index (κ1) is 16.0. The molecule has 0 fully saturated rings. The van der Waals surface area contributed by atoms with Gasteiger partial charge >= 0.3 is 0 Å². The van der Waals surface area contributed by atoms with Crippen LogP contribution < -0.4 is 0 Å². The lowest BCUT2D eigenvalue weighted by Crippen LogP contribution is -2.36. The lowest BCUT2D eigenvalue weighted by atomic mass is 9.95. The average molecular weight is 304 g/mol. The van der Waals surface area contributed by atoms with Gasteiger partial charge in [-0.15, -0.1) is 0 Å². The first-order valence-corrected chi connectivity index (χ1v) is 8.12. The van der Waals surface area contributed by atoms with E-state index >= 15 is 0 Å². The minimum atomic E-state index is -3.70. The summed E-state index contributed by atoms with van der Waals surface area (Å²) in [6.45, 7) is 6.00. The van der Waals surface area contributed by atoms with Crippen LogP contribution in [0.2, 0.25) is 0 Å². The van der Waals surface area contributed by atoms with Gasteiger partial charge in [0.05, 0.1) is 4.90 Å². The molecule has 0 heterocycles. The van der Waals surface area contributed by atoms with Crippen LogP contribution in [0.3, 0.4) is 0 Å². The fourth-order valence-corrected chi connectivity index (χ4v) is 2.45. The SMILES string of the molecule is CN(Cc1ccc(S(=O)(=O)Cl)cc1)C(=O)C(C)(C)C. The minimum absolute atomic E-state index is 0.0292. The number of halogens is 1. The Morgan fingerprint density at radius 3 is 2.05 bits per heavy atom. The third kappa shape index (κ3) is 4.51. The predicted octanol–water partition coefficient (Wildman–Crippen LogP) is 2.62. The highest BCUT2D eigenvalue weighted by Gasteiger charge is 2.24. The number of benzene rings is 1. The van der Waals surface area contributed by atoms with Crippen molar-refractivity contribution in [1.82, 2.24) is 4.90 Å². The molecule has 19 heavy (non-hydrogen) atoms. The Bertz CT molecular complexity index is 559. The van der Waals surface area contributed by atoms with Gasteiger partial charge in [0, 0.05) is 29.7 Å². The first-order valence-electron chi connectivity index (χ1n) is 5.81. The summed E-state index contributed by atoms with van der Waals surface area (Å²) in [6.07, 6.45) is 0. The third-order valence-corrected chi connectivity index (χ3v) is 3.98. The third-order valence-electron chi connectivity index (χ3n) is 2.61. The molecular formula is C13H18ClNO3S. The molecule has 0 bridgehead atoms. The quantitative estimate of drug-likeness (QED) is 0.807. The van der Waals surface area contributed by atoms with Gasteiger partial charge in [0.15, 0.2) is 0 Å². The molecule has 0 saturated heterocycles. The molecule has 0 aliphatic rings. The predicted molar refractivity (Wildman–Crippen MR) is 75.4 cm³/mol. The summed E-state index contributed by atoms with van der Waals surface area (Å²) >= 11 is 0. The highest BCUT2D eigenvalue weighted by atomic mass is 35.7. The lowest BCUT2D eigenvalue weighted by molar-refractivity contribution is -0.138. The molecular weight excluding hydrogens is 286 g/mol. The van der Waals surface area contributed by atoms with Crippen LogP contribution in [0, 0.1) is 5.41 Å². The zero-order valence-corrected chi connectivity index (χ0v) is 13.0. The van der Waals surface area contributed by atoms with Crippen LogP contribution in [0.15, 0.2) is 29.2 Å². The molecule has 106 valence electrons. The van der Waals surface area contributed by atoms with Gasteiger partial charge in [-0.25, -0.2) is 8.42 Å². The van der Waals surface area contributed by atoms with Crippen molar-refractivity contribution in [2.24, 2.45) is 5.41 Å². The normalized spacial score (nSPS) is 12.3. The van der Waals surface area contributed by atoms with E-state index in [0.717, 1.165) is 5.56 Å². The van der Waals surface area contributed by atoms with Crippen molar-refractivity contribution in [2.45, 2.75) is 32.2 Å². The van der Waals surface area contributed by atoms with Crippen LogP contribution in [0.4, 0.5) is 0 Å². The van der Waals surface area contributed by atoms with E-state index in [0.29, 0.717) is 6.54 Å². The topological polar surface area (TPSA) is 54.5 Å². The summed E-state index contributed by atoms with van der Waals surface area (Å²) in [5.41, 5.74) is 0.415. The van der Waals surface area contributed by atoms with Gasteiger partial charge in [-0.05, 0) is 17.7 Å². The second-order valence-corrected chi connectivity index (χ2v) is 8.06. The van der Waals surface area contributed by atoms with Crippen molar-refractivity contribution in [3.63, 3.8) is 0 Å². The summed E-state index contributed by atoms with van der Waals surface area (Å²) in [5.74, 6) is 0.0292. The second kappa shape index (κ2) is 5.51. The van der Waals surface area contributed by atoms with E-state index in [2.05, 4.69) is 0 Å². The Kier molecular flexibility index (Phi) is 4.63. The molecule has 0 aliphatic heterocycles. The maximum atomic E-state index is 12.0. The highest BCUT2D eigenvalue weighted by molar-refractivity contribution is 8.13. The second-order valence-electron chi connectivity index (χ2n) is 5.49. The summed E-state index contributed by atoms with van der Waals surface area (Å²) in [5, 5.41) is 0. The molecule has 1 rings (SSSR count). The molecule has 1 aromatic rings. The van der Waals surface area contributed by atoms with Crippen molar-refractivity contribution in [1.29, 1.82) is 0 Å². The molecule has 0 radical (unpaired) electrons. The standard InChI is InChI=1S/C13H18ClNO3S/c1-13(2,3)12(16)15(4)9-10-5-7-11(8-6-10)19(14,17)18/h5-8H,9H2,1-4H3. The Morgan fingerprint density at radius 1 is 1.21 bits per heavy atom. The minimum Gasteiger partial charge on any atom is -0.341 e. The molecule has 6 heteroatoms. The fraction of sp³-hybridized carbons (Fsp3) is 0.462. The first-order chi connectivity index (χ1) is 8.51. The van der Waals surface area contributed by atoms with Crippen LogP contribution in [0.25, 0.3) is 0 Å². The van der Waals surface area contributed by atoms with Gasteiger partial charge < -0.3 is 4.90 Å². The molecule has 4 nitrogen and oxygen atoms in total. The summed E-state index contributed by atoms with van der Waals surface area (Å²) in [7, 11) is 3.26. The zero-order chi connectivity index (χ0) is 14.8. The van der Waals surface area contributed by atoms with E-state index in [9.17, 15) is 13.2 Å². The van der Waals surface area contributed by atoms with Gasteiger partial charge in [0.25, 0.3) is 9.05 Å². The van der Waals surface area contributed by atoms with Crippen molar-refractivity contribution >= 4 is 25.6 Å². The molecule has 0 unspecified atom stereocenters. The monoisotopic (exact) mass is 303 g/mol. The zero-order valence-electron chi connectivity index (χ0n) is 11.5. The molecule has 0 saturated carbocycles. The Morgan fingerprint density at radius 2 is 1.68 bits per heavy atom. The number of carbonyl (C=O) groups excluding carboxylic acids is 1. The molecule has 0 spiro atoms. The lowest BCUT2D eigenvalue weighted by Gasteiger charge is -2.26. The van der Waals surface area contributed by atoms with Gasteiger partial charge in [0.2, 0.25) is 5.91 Å². The van der Waals surface area contributed by atoms with Crippen LogP contribution in [-0.4, -0.2) is 26.3 Å². The number of hydrogen-bond acceptors (Lipinski definition) is 3. The van der Waals surface area contributed by atoms with Gasteiger partial charge in [-0.1, -0.05) is 32.9 Å². The largest absolute Gasteiger partial charge is 0.341 e. The van der Waals surface area contributed by atoms with Crippen molar-refractivity contribution < 1.29 is 13.2 Å². The average Bonchev–Trinajstić information content (AvgIpc) is 2.26. The molecule has 0 N–H and O–H groups in total. The van der Waals surface area contributed by atoms with Gasteiger partial charge in [-0.3, -0.25) is 4.79 Å². The number of nitrogens with zero attached hydrogens (tertiary/aromatic N) is 1.